The highest BCUT2D eigenvalue weighted by Crippen LogP contribution is 2.21. The molecule has 0 atom stereocenters. The fourth-order valence-corrected chi connectivity index (χ4v) is 3.99. The van der Waals surface area contributed by atoms with Crippen LogP contribution < -0.4 is 4.83 Å². The number of piperidine rings is 1. The molecule has 0 bridgehead atoms. The second kappa shape index (κ2) is 5.48. The first-order valence-corrected chi connectivity index (χ1v) is 7.89. The van der Waals surface area contributed by atoms with Gasteiger partial charge in [-0.3, -0.25) is 0 Å². The Balaban J connectivity index is 2.16. The molecule has 6 heteroatoms. The number of halogens is 1. The van der Waals surface area contributed by atoms with E-state index in [1.54, 1.807) is 29.3 Å². The lowest BCUT2D eigenvalue weighted by Gasteiger charge is -2.26. The van der Waals surface area contributed by atoms with E-state index in [2.05, 4.69) is 20.8 Å². The van der Waals surface area contributed by atoms with Crippen LogP contribution >= 0.6 is 15.9 Å². The minimum absolute atomic E-state index is 0.283. The van der Waals surface area contributed by atoms with Crippen molar-refractivity contribution in [2.75, 3.05) is 13.1 Å². The van der Waals surface area contributed by atoms with Crippen molar-refractivity contribution in [3.05, 3.63) is 28.7 Å². The van der Waals surface area contributed by atoms with Crippen molar-refractivity contribution in [2.45, 2.75) is 24.2 Å². The van der Waals surface area contributed by atoms with Crippen LogP contribution in [0, 0.1) is 0 Å². The van der Waals surface area contributed by atoms with Gasteiger partial charge in [0.15, 0.2) is 0 Å². The van der Waals surface area contributed by atoms with Gasteiger partial charge in [0, 0.05) is 17.6 Å². The Morgan fingerprint density at radius 2 is 1.76 bits per heavy atom. The summed E-state index contributed by atoms with van der Waals surface area (Å²) in [6.07, 6.45) is 3.25. The van der Waals surface area contributed by atoms with Gasteiger partial charge in [0.2, 0.25) is 0 Å². The van der Waals surface area contributed by atoms with Crippen molar-refractivity contribution in [1.82, 2.24) is 9.84 Å². The van der Waals surface area contributed by atoms with Gasteiger partial charge in [0.05, 0.1) is 4.90 Å². The summed E-state index contributed by atoms with van der Waals surface area (Å²) in [5.41, 5.74) is 0. The maximum absolute atomic E-state index is 12.1. The third-order valence-electron chi connectivity index (χ3n) is 2.73. The van der Waals surface area contributed by atoms with Crippen LogP contribution in [0.1, 0.15) is 19.3 Å². The zero-order valence-corrected chi connectivity index (χ0v) is 11.8. The van der Waals surface area contributed by atoms with Crippen LogP contribution in [0.25, 0.3) is 0 Å². The Morgan fingerprint density at radius 3 is 2.41 bits per heavy atom. The van der Waals surface area contributed by atoms with Gasteiger partial charge in [0.1, 0.15) is 0 Å². The molecular formula is C11H15BrN2O2S. The number of hydrogen-bond donors (Lipinski definition) is 1. The summed E-state index contributed by atoms with van der Waals surface area (Å²) >= 11 is 3.26. The molecule has 17 heavy (non-hydrogen) atoms. The summed E-state index contributed by atoms with van der Waals surface area (Å²) in [5, 5.41) is 1.78. The van der Waals surface area contributed by atoms with E-state index in [4.69, 9.17) is 0 Å². The van der Waals surface area contributed by atoms with Crippen molar-refractivity contribution in [3.63, 3.8) is 0 Å². The summed E-state index contributed by atoms with van der Waals surface area (Å²) in [6, 6.07) is 6.83. The Kier molecular flexibility index (Phi) is 4.19. The fraction of sp³-hybridized carbons (Fsp3) is 0.455. The van der Waals surface area contributed by atoms with Gasteiger partial charge in [-0.1, -0.05) is 18.6 Å². The molecule has 1 saturated heterocycles. The van der Waals surface area contributed by atoms with Crippen LogP contribution in [0.5, 0.6) is 0 Å². The van der Waals surface area contributed by atoms with Gasteiger partial charge in [-0.15, -0.1) is 4.83 Å². The third-order valence-corrected chi connectivity index (χ3v) is 5.12. The molecule has 0 radical (unpaired) electrons. The number of hydrazine groups is 1. The predicted molar refractivity (Wildman–Crippen MR) is 69.9 cm³/mol. The van der Waals surface area contributed by atoms with Crippen LogP contribution in [0.4, 0.5) is 0 Å². The second-order valence-electron chi connectivity index (χ2n) is 4.07. The summed E-state index contributed by atoms with van der Waals surface area (Å²) in [4.78, 5) is 2.91. The van der Waals surface area contributed by atoms with Gasteiger partial charge in [-0.05, 0) is 40.9 Å². The minimum atomic E-state index is -3.46. The van der Waals surface area contributed by atoms with Gasteiger partial charge in [-0.2, -0.15) is 0 Å². The molecule has 1 heterocycles. The number of nitrogens with zero attached hydrogens (tertiary/aromatic N) is 1. The molecule has 2 rings (SSSR count). The van der Waals surface area contributed by atoms with E-state index in [0.717, 1.165) is 25.9 Å². The largest absolute Gasteiger partial charge is 0.254 e. The number of rotatable bonds is 3. The summed E-state index contributed by atoms with van der Waals surface area (Å²) in [7, 11) is -3.46. The van der Waals surface area contributed by atoms with Crippen LogP contribution in [0.3, 0.4) is 0 Å². The Morgan fingerprint density at radius 1 is 1.12 bits per heavy atom. The molecule has 0 unspecified atom stereocenters. The van der Waals surface area contributed by atoms with Crippen LogP contribution in [-0.4, -0.2) is 26.5 Å². The fourth-order valence-electron chi connectivity index (χ4n) is 1.87. The Bertz CT molecular complexity index is 484. The molecule has 0 aliphatic carbocycles. The lowest BCUT2D eigenvalue weighted by molar-refractivity contribution is 0.200. The molecular weight excluding hydrogens is 304 g/mol. The smallest absolute Gasteiger partial charge is 0.230 e. The van der Waals surface area contributed by atoms with Gasteiger partial charge < -0.3 is 0 Å². The van der Waals surface area contributed by atoms with E-state index >= 15 is 0 Å². The first-order valence-electron chi connectivity index (χ1n) is 5.61. The van der Waals surface area contributed by atoms with E-state index in [1.165, 1.54) is 6.42 Å². The molecule has 1 aromatic rings. The predicted octanol–water partition coefficient (Wildman–Crippen LogP) is 2.13. The molecule has 4 nitrogen and oxygen atoms in total. The van der Waals surface area contributed by atoms with Crippen molar-refractivity contribution >= 4 is 26.0 Å². The van der Waals surface area contributed by atoms with E-state index in [-0.39, 0.29) is 4.90 Å². The average Bonchev–Trinajstić information content (AvgIpc) is 2.30. The summed E-state index contributed by atoms with van der Waals surface area (Å²) in [5.74, 6) is 0. The maximum atomic E-state index is 12.1. The molecule has 1 fully saturated rings. The van der Waals surface area contributed by atoms with E-state index in [0.29, 0.717) is 4.47 Å². The molecule has 0 spiro atoms. The van der Waals surface area contributed by atoms with Gasteiger partial charge >= 0.3 is 0 Å². The van der Waals surface area contributed by atoms with Crippen molar-refractivity contribution in [3.8, 4) is 0 Å². The average molecular weight is 319 g/mol. The topological polar surface area (TPSA) is 49.4 Å². The number of hydrogen-bond acceptors (Lipinski definition) is 3. The van der Waals surface area contributed by atoms with Gasteiger partial charge in [-0.25, -0.2) is 13.4 Å². The monoisotopic (exact) mass is 318 g/mol. The quantitative estimate of drug-likeness (QED) is 0.928. The highest BCUT2D eigenvalue weighted by atomic mass is 79.9. The first kappa shape index (κ1) is 13.0. The van der Waals surface area contributed by atoms with Gasteiger partial charge in [0.25, 0.3) is 10.0 Å². The summed E-state index contributed by atoms with van der Waals surface area (Å²) in [6.45, 7) is 1.56. The molecule has 1 aliphatic heterocycles. The van der Waals surface area contributed by atoms with Crippen LogP contribution in [0.15, 0.2) is 33.6 Å². The van der Waals surface area contributed by atoms with Crippen molar-refractivity contribution in [2.24, 2.45) is 0 Å². The second-order valence-corrected chi connectivity index (χ2v) is 6.56. The number of benzene rings is 1. The molecule has 0 aromatic heterocycles. The first-order chi connectivity index (χ1) is 8.09. The van der Waals surface area contributed by atoms with E-state index < -0.39 is 10.0 Å². The Labute approximate surface area is 110 Å². The van der Waals surface area contributed by atoms with Crippen molar-refractivity contribution < 1.29 is 8.42 Å². The molecule has 1 aromatic carbocycles. The zero-order valence-electron chi connectivity index (χ0n) is 9.39. The SMILES string of the molecule is O=S(=O)(NN1CCCCC1)c1ccccc1Br. The summed E-state index contributed by atoms with van der Waals surface area (Å²) < 4.78 is 24.9. The highest BCUT2D eigenvalue weighted by Gasteiger charge is 2.21. The molecule has 0 saturated carbocycles. The normalized spacial score (nSPS) is 18.2. The van der Waals surface area contributed by atoms with Crippen molar-refractivity contribution in [1.29, 1.82) is 0 Å². The van der Waals surface area contributed by atoms with Crippen LogP contribution in [0.2, 0.25) is 0 Å². The molecule has 0 amide bonds. The minimum Gasteiger partial charge on any atom is -0.230 e. The lowest BCUT2D eigenvalue weighted by Crippen LogP contribution is -2.44. The molecule has 1 N–H and O–H groups in total. The van der Waals surface area contributed by atoms with Crippen LogP contribution in [-0.2, 0) is 10.0 Å². The van der Waals surface area contributed by atoms with E-state index in [1.807, 2.05) is 0 Å². The third kappa shape index (κ3) is 3.28. The molecule has 94 valence electrons. The standard InChI is InChI=1S/C11H15BrN2O2S/c12-10-6-2-3-7-11(10)17(15,16)13-14-8-4-1-5-9-14/h2-3,6-7,13H,1,4-5,8-9H2. The number of nitrogens with one attached hydrogen (secondary N) is 1. The Hall–Kier alpha value is -0.430. The number of sulfonamides is 1. The van der Waals surface area contributed by atoms with E-state index in [9.17, 15) is 8.42 Å². The lowest BCUT2D eigenvalue weighted by atomic mass is 10.2. The highest BCUT2D eigenvalue weighted by molar-refractivity contribution is 9.10. The maximum Gasteiger partial charge on any atom is 0.254 e. The molecule has 1 aliphatic rings. The zero-order chi connectivity index (χ0) is 12.3.